The van der Waals surface area contributed by atoms with Gasteiger partial charge in [0.25, 0.3) is 20.0 Å². The molecule has 158 valence electrons. The molecule has 0 unspecified atom stereocenters. The fraction of sp³-hybridized carbons (Fsp3) is 0.100. The molecule has 0 saturated heterocycles. The van der Waals surface area contributed by atoms with E-state index in [1.807, 2.05) is 13.8 Å². The minimum atomic E-state index is -4.05. The normalized spacial score (nSPS) is 11.8. The summed E-state index contributed by atoms with van der Waals surface area (Å²) in [6.07, 6.45) is 0. The smallest absolute Gasteiger partial charge is 0.261 e. The van der Waals surface area contributed by atoms with E-state index in [1.165, 1.54) is 24.3 Å². The first-order valence-corrected chi connectivity index (χ1v) is 12.0. The maximum absolute atomic E-state index is 12.7. The lowest BCUT2D eigenvalue weighted by Crippen LogP contribution is -2.17. The van der Waals surface area contributed by atoms with E-state index in [0.717, 1.165) is 23.3 Å². The van der Waals surface area contributed by atoms with Crippen molar-refractivity contribution >= 4 is 43.0 Å². The third-order valence-corrected chi connectivity index (χ3v) is 7.30. The third-order valence-electron chi connectivity index (χ3n) is 4.24. The number of aryl methyl sites for hydroxylation is 2. The average molecular weight is 467 g/mol. The zero-order valence-corrected chi connectivity index (χ0v) is 18.4. The molecule has 3 N–H and O–H groups in total. The SMILES string of the molecule is Cc1ccc(S(=O)(=O)Nc2cc(O)c(Cl)cc2NS(=O)(=O)c2ccc(C)cc2)cc1. The summed E-state index contributed by atoms with van der Waals surface area (Å²) >= 11 is 5.93. The number of phenols is 1. The number of rotatable bonds is 6. The van der Waals surface area contributed by atoms with Crippen molar-refractivity contribution < 1.29 is 21.9 Å². The summed E-state index contributed by atoms with van der Waals surface area (Å²) in [7, 11) is -8.08. The predicted octanol–water partition coefficient (Wildman–Crippen LogP) is 4.26. The van der Waals surface area contributed by atoms with Crippen molar-refractivity contribution in [1.82, 2.24) is 0 Å². The highest BCUT2D eigenvalue weighted by molar-refractivity contribution is 7.93. The van der Waals surface area contributed by atoms with Gasteiger partial charge in [-0.3, -0.25) is 9.44 Å². The van der Waals surface area contributed by atoms with Crippen LogP contribution < -0.4 is 9.44 Å². The number of hydrogen-bond donors (Lipinski definition) is 3. The first kappa shape index (κ1) is 21.9. The minimum absolute atomic E-state index is 0.00959. The molecule has 0 saturated carbocycles. The number of hydrogen-bond acceptors (Lipinski definition) is 5. The van der Waals surface area contributed by atoms with E-state index in [9.17, 15) is 21.9 Å². The van der Waals surface area contributed by atoms with Crippen molar-refractivity contribution in [2.45, 2.75) is 23.6 Å². The minimum Gasteiger partial charge on any atom is -0.506 e. The predicted molar refractivity (Wildman–Crippen MR) is 117 cm³/mol. The van der Waals surface area contributed by atoms with E-state index in [-0.39, 0.29) is 26.2 Å². The largest absolute Gasteiger partial charge is 0.506 e. The number of phenolic OH excluding ortho intramolecular Hbond substituents is 1. The Morgan fingerprint density at radius 1 is 0.700 bits per heavy atom. The van der Waals surface area contributed by atoms with Crippen LogP contribution >= 0.6 is 11.6 Å². The average Bonchev–Trinajstić information content (AvgIpc) is 2.66. The molecular formula is C20H19ClN2O5S2. The monoisotopic (exact) mass is 466 g/mol. The van der Waals surface area contributed by atoms with Crippen molar-refractivity contribution in [2.75, 3.05) is 9.44 Å². The van der Waals surface area contributed by atoms with E-state index in [1.54, 1.807) is 24.3 Å². The van der Waals surface area contributed by atoms with Crippen LogP contribution in [0.15, 0.2) is 70.5 Å². The second kappa shape index (κ2) is 8.17. The number of nitrogens with one attached hydrogen (secondary N) is 2. The van der Waals surface area contributed by atoms with E-state index >= 15 is 0 Å². The maximum atomic E-state index is 12.7. The molecule has 30 heavy (non-hydrogen) atoms. The van der Waals surface area contributed by atoms with Crippen LogP contribution in [0.5, 0.6) is 5.75 Å². The lowest BCUT2D eigenvalue weighted by atomic mass is 10.2. The molecule has 3 aromatic carbocycles. The second-order valence-electron chi connectivity index (χ2n) is 6.69. The molecule has 0 amide bonds. The van der Waals surface area contributed by atoms with E-state index in [0.29, 0.717) is 0 Å². The molecule has 0 aromatic heterocycles. The van der Waals surface area contributed by atoms with Gasteiger partial charge in [-0.05, 0) is 44.2 Å². The highest BCUT2D eigenvalue weighted by Gasteiger charge is 2.21. The van der Waals surface area contributed by atoms with Crippen LogP contribution in [0.1, 0.15) is 11.1 Å². The molecule has 0 fully saturated rings. The molecule has 0 aliphatic heterocycles. The van der Waals surface area contributed by atoms with Crippen molar-refractivity contribution in [3.8, 4) is 5.75 Å². The maximum Gasteiger partial charge on any atom is 0.261 e. The Morgan fingerprint density at radius 3 is 1.47 bits per heavy atom. The Balaban J connectivity index is 2.01. The van der Waals surface area contributed by atoms with E-state index in [2.05, 4.69) is 9.44 Å². The molecule has 7 nitrogen and oxygen atoms in total. The van der Waals surface area contributed by atoms with Gasteiger partial charge in [-0.1, -0.05) is 47.0 Å². The van der Waals surface area contributed by atoms with Gasteiger partial charge >= 0.3 is 0 Å². The van der Waals surface area contributed by atoms with Gasteiger partial charge in [-0.15, -0.1) is 0 Å². The molecular weight excluding hydrogens is 448 g/mol. The summed E-state index contributed by atoms with van der Waals surface area (Å²) in [5.74, 6) is -0.406. The standard InChI is InChI=1S/C20H19ClN2O5S2/c1-13-3-7-15(8-4-13)29(25,26)22-18-11-17(21)20(24)12-19(18)23-30(27,28)16-9-5-14(2)6-10-16/h3-12,22-24H,1-2H3. The van der Waals surface area contributed by atoms with Crippen LogP contribution in [0.4, 0.5) is 11.4 Å². The van der Waals surface area contributed by atoms with Gasteiger partial charge < -0.3 is 5.11 Å². The Hall–Kier alpha value is -2.75. The Bertz CT molecular complexity index is 1190. The summed E-state index contributed by atoms with van der Waals surface area (Å²) < 4.78 is 55.6. The van der Waals surface area contributed by atoms with Gasteiger partial charge in [-0.25, -0.2) is 16.8 Å². The van der Waals surface area contributed by atoms with Gasteiger partial charge in [-0.2, -0.15) is 0 Å². The van der Waals surface area contributed by atoms with Crippen molar-refractivity contribution in [1.29, 1.82) is 0 Å². The van der Waals surface area contributed by atoms with Crippen molar-refractivity contribution in [3.05, 3.63) is 76.8 Å². The van der Waals surface area contributed by atoms with Gasteiger partial charge in [0.05, 0.1) is 26.2 Å². The molecule has 0 spiro atoms. The van der Waals surface area contributed by atoms with Gasteiger partial charge in [0.1, 0.15) is 5.75 Å². The van der Waals surface area contributed by atoms with Crippen LogP contribution in [0, 0.1) is 13.8 Å². The summed E-state index contributed by atoms with van der Waals surface area (Å²) in [5.41, 5.74) is 1.46. The van der Waals surface area contributed by atoms with Gasteiger partial charge in [0.15, 0.2) is 0 Å². The quantitative estimate of drug-likeness (QED) is 0.470. The molecule has 0 aliphatic rings. The molecule has 10 heteroatoms. The van der Waals surface area contributed by atoms with Crippen molar-refractivity contribution in [2.24, 2.45) is 0 Å². The lowest BCUT2D eigenvalue weighted by molar-refractivity contribution is 0.476. The van der Waals surface area contributed by atoms with E-state index < -0.39 is 25.8 Å². The molecule has 0 bridgehead atoms. The van der Waals surface area contributed by atoms with Crippen LogP contribution in [0.3, 0.4) is 0 Å². The van der Waals surface area contributed by atoms with Crippen molar-refractivity contribution in [3.63, 3.8) is 0 Å². The van der Waals surface area contributed by atoms with Gasteiger partial charge in [0, 0.05) is 6.07 Å². The van der Waals surface area contributed by atoms with Crippen LogP contribution in [-0.2, 0) is 20.0 Å². The van der Waals surface area contributed by atoms with E-state index in [4.69, 9.17) is 11.6 Å². The number of sulfonamides is 2. The summed E-state index contributed by atoms with van der Waals surface area (Å²) in [5, 5.41) is 9.79. The fourth-order valence-electron chi connectivity index (χ4n) is 2.57. The molecule has 3 aromatic rings. The molecule has 0 aliphatic carbocycles. The van der Waals surface area contributed by atoms with Crippen LogP contribution in [-0.4, -0.2) is 21.9 Å². The Morgan fingerprint density at radius 2 is 1.07 bits per heavy atom. The Labute approximate surface area is 180 Å². The first-order valence-electron chi connectivity index (χ1n) is 8.69. The van der Waals surface area contributed by atoms with Crippen LogP contribution in [0.25, 0.3) is 0 Å². The number of anilines is 2. The number of halogens is 1. The first-order chi connectivity index (χ1) is 14.0. The Kier molecular flexibility index (Phi) is 5.98. The molecule has 0 atom stereocenters. The lowest BCUT2D eigenvalue weighted by Gasteiger charge is -2.16. The third kappa shape index (κ3) is 4.86. The van der Waals surface area contributed by atoms with Crippen LogP contribution in [0.2, 0.25) is 5.02 Å². The highest BCUT2D eigenvalue weighted by Crippen LogP contribution is 2.36. The summed E-state index contributed by atoms with van der Waals surface area (Å²) in [4.78, 5) is -0.0282. The summed E-state index contributed by atoms with van der Waals surface area (Å²) in [6, 6.07) is 14.4. The highest BCUT2D eigenvalue weighted by atomic mass is 35.5. The number of aromatic hydroxyl groups is 1. The van der Waals surface area contributed by atoms with Gasteiger partial charge in [0.2, 0.25) is 0 Å². The zero-order valence-electron chi connectivity index (χ0n) is 16.0. The molecule has 0 radical (unpaired) electrons. The summed E-state index contributed by atoms with van der Waals surface area (Å²) in [6.45, 7) is 3.64. The zero-order chi connectivity index (χ0) is 22.1. The fourth-order valence-corrected chi connectivity index (χ4v) is 4.88. The molecule has 3 rings (SSSR count). The number of benzene rings is 3. The second-order valence-corrected chi connectivity index (χ2v) is 10.5. The topological polar surface area (TPSA) is 113 Å². The molecule has 0 heterocycles.